The molecule has 2 bridgehead atoms. The van der Waals surface area contributed by atoms with Gasteiger partial charge in [0.15, 0.2) is 0 Å². The van der Waals surface area contributed by atoms with Crippen molar-refractivity contribution in [3.8, 4) is 22.5 Å². The topological polar surface area (TPSA) is 141 Å². The summed E-state index contributed by atoms with van der Waals surface area (Å²) in [5, 5.41) is 11.9. The molecule has 1 aliphatic carbocycles. The van der Waals surface area contributed by atoms with Gasteiger partial charge in [0, 0.05) is 34.5 Å². The predicted octanol–water partition coefficient (Wildman–Crippen LogP) is 7.64. The largest absolute Gasteiger partial charge is 0.465 e. The van der Waals surface area contributed by atoms with E-state index in [1.54, 1.807) is 22.2 Å². The van der Waals surface area contributed by atoms with Gasteiger partial charge in [-0.3, -0.25) is 9.80 Å². The van der Waals surface area contributed by atoms with Gasteiger partial charge in [-0.25, -0.2) is 19.6 Å². The van der Waals surface area contributed by atoms with Gasteiger partial charge in [0.25, 0.3) is 0 Å². The Balaban J connectivity index is 1.05. The molecule has 45 heavy (non-hydrogen) atoms. The van der Waals surface area contributed by atoms with Crippen LogP contribution in [-0.2, 0) is 4.74 Å². The molecule has 232 valence electrons. The zero-order valence-electron chi connectivity index (χ0n) is 25.5. The van der Waals surface area contributed by atoms with E-state index in [0.29, 0.717) is 18.3 Å². The van der Waals surface area contributed by atoms with Crippen LogP contribution in [0.4, 0.5) is 9.59 Å². The Labute approximate surface area is 259 Å². The Morgan fingerprint density at radius 2 is 1.58 bits per heavy atom. The Morgan fingerprint density at radius 1 is 0.933 bits per heavy atom. The Hall–Kier alpha value is -4.80. The highest BCUT2D eigenvalue weighted by molar-refractivity contribution is 6.06. The zero-order chi connectivity index (χ0) is 31.0. The summed E-state index contributed by atoms with van der Waals surface area (Å²) in [6.45, 7) is 6.27. The minimum atomic E-state index is -0.874. The van der Waals surface area contributed by atoms with Gasteiger partial charge >= 0.3 is 12.2 Å². The fourth-order valence-electron chi connectivity index (χ4n) is 7.60. The van der Waals surface area contributed by atoms with Crippen LogP contribution in [0.3, 0.4) is 0 Å². The van der Waals surface area contributed by atoms with Crippen molar-refractivity contribution < 1.29 is 23.8 Å². The van der Waals surface area contributed by atoms with Gasteiger partial charge < -0.3 is 24.2 Å². The maximum Gasteiger partial charge on any atom is 0.410 e. The SMILES string of the molecule is CC(C)(C)OC(=O)N1CCCC1c1ncc(-c2ccc3c(c2)oc2cc(-c4cnc(C5C6CCC(C6)N5C(=O)O)[nH]4)ccc23)[nH]1. The number of fused-ring (bicyclic) bond motifs is 5. The second kappa shape index (κ2) is 10.1. The number of aromatic nitrogens is 4. The molecule has 1 saturated carbocycles. The summed E-state index contributed by atoms with van der Waals surface area (Å²) in [6.07, 6.45) is 7.00. The van der Waals surface area contributed by atoms with Crippen LogP contribution in [0, 0.1) is 5.92 Å². The number of rotatable bonds is 4. The van der Waals surface area contributed by atoms with E-state index >= 15 is 0 Å². The molecule has 2 aliphatic heterocycles. The number of hydrogen-bond donors (Lipinski definition) is 3. The van der Waals surface area contributed by atoms with Crippen molar-refractivity contribution in [1.29, 1.82) is 0 Å². The fourth-order valence-corrected chi connectivity index (χ4v) is 7.60. The molecule has 0 spiro atoms. The van der Waals surface area contributed by atoms with Crippen molar-refractivity contribution >= 4 is 34.1 Å². The average molecular weight is 609 g/mol. The van der Waals surface area contributed by atoms with E-state index < -0.39 is 11.7 Å². The number of nitrogens with one attached hydrogen (secondary N) is 2. The number of likely N-dealkylation sites (tertiary alicyclic amines) is 2. The lowest BCUT2D eigenvalue weighted by molar-refractivity contribution is 0.0218. The van der Waals surface area contributed by atoms with E-state index in [9.17, 15) is 14.7 Å². The van der Waals surface area contributed by atoms with Crippen molar-refractivity contribution in [3.05, 3.63) is 60.4 Å². The summed E-state index contributed by atoms with van der Waals surface area (Å²) in [6, 6.07) is 11.9. The summed E-state index contributed by atoms with van der Waals surface area (Å²) >= 11 is 0. The Kier molecular flexibility index (Phi) is 6.23. The number of furan rings is 1. The summed E-state index contributed by atoms with van der Waals surface area (Å²) in [5.41, 5.74) is 4.51. The standard InChI is InChI=1S/C34H36N6O5/c1-34(2,3)45-33(43)39-12-4-5-26(39)30-35-16-24(37-30)18-7-10-22-23-11-8-19(15-28(23)44-27(22)14-18)25-17-36-31(38-25)29-20-6-9-21(13-20)40(29)32(41)42/h7-8,10-11,14-17,20-21,26,29H,4-6,9,12-13H2,1-3H3,(H,35,37)(H,36,38)(H,41,42). The third-order valence-electron chi connectivity index (χ3n) is 9.57. The Morgan fingerprint density at radius 3 is 2.22 bits per heavy atom. The smallest absolute Gasteiger partial charge is 0.410 e. The minimum Gasteiger partial charge on any atom is -0.465 e. The number of imidazole rings is 2. The van der Waals surface area contributed by atoms with Crippen LogP contribution in [0.5, 0.6) is 0 Å². The van der Waals surface area contributed by atoms with Gasteiger partial charge in [-0.15, -0.1) is 0 Å². The molecule has 11 nitrogen and oxygen atoms in total. The van der Waals surface area contributed by atoms with Crippen LogP contribution >= 0.6 is 0 Å². The number of amides is 2. The highest BCUT2D eigenvalue weighted by Crippen LogP contribution is 2.49. The van der Waals surface area contributed by atoms with E-state index in [4.69, 9.17) is 9.15 Å². The predicted molar refractivity (Wildman–Crippen MR) is 168 cm³/mol. The molecular weight excluding hydrogens is 572 g/mol. The number of benzene rings is 2. The van der Waals surface area contributed by atoms with Gasteiger partial charge in [-0.05, 0) is 83.1 Å². The number of H-pyrrole nitrogens is 2. The molecule has 4 atom stereocenters. The number of nitrogens with zero attached hydrogens (tertiary/aromatic N) is 4. The van der Waals surface area contributed by atoms with E-state index in [-0.39, 0.29) is 24.2 Å². The number of carboxylic acid groups (broad SMARTS) is 1. The lowest BCUT2D eigenvalue weighted by Crippen LogP contribution is -2.39. The maximum absolute atomic E-state index is 12.8. The second-order valence-corrected chi connectivity index (χ2v) is 13.6. The average Bonchev–Trinajstić information content (AvgIpc) is 3.83. The zero-order valence-corrected chi connectivity index (χ0v) is 25.5. The van der Waals surface area contributed by atoms with Gasteiger partial charge in [-0.1, -0.05) is 12.1 Å². The lowest BCUT2D eigenvalue weighted by atomic mass is 9.98. The molecular formula is C34H36N6O5. The van der Waals surface area contributed by atoms with Crippen molar-refractivity contribution in [2.24, 2.45) is 5.92 Å². The third-order valence-corrected chi connectivity index (χ3v) is 9.57. The number of hydrogen-bond acceptors (Lipinski definition) is 6. The lowest BCUT2D eigenvalue weighted by Gasteiger charge is -2.31. The first-order valence-corrected chi connectivity index (χ1v) is 15.7. The molecule has 0 radical (unpaired) electrons. The molecule has 5 aromatic rings. The van der Waals surface area contributed by atoms with Crippen LogP contribution in [0.25, 0.3) is 44.5 Å². The Bertz CT molecular complexity index is 1950. The van der Waals surface area contributed by atoms with Crippen LogP contribution in [-0.4, -0.2) is 65.2 Å². The first kappa shape index (κ1) is 27.7. The molecule has 5 heterocycles. The molecule has 2 saturated heterocycles. The molecule has 3 N–H and O–H groups in total. The maximum atomic E-state index is 12.8. The van der Waals surface area contributed by atoms with E-state index in [0.717, 1.165) is 82.4 Å². The van der Waals surface area contributed by atoms with Crippen LogP contribution in [0.1, 0.15) is 76.6 Å². The highest BCUT2D eigenvalue weighted by Gasteiger charge is 2.50. The molecule has 3 aliphatic rings. The fraction of sp³-hybridized carbons (Fsp3) is 0.412. The second-order valence-electron chi connectivity index (χ2n) is 13.6. The summed E-state index contributed by atoms with van der Waals surface area (Å²) < 4.78 is 12.0. The molecule has 3 aromatic heterocycles. The highest BCUT2D eigenvalue weighted by atomic mass is 16.6. The van der Waals surface area contributed by atoms with Crippen molar-refractivity contribution in [2.45, 2.75) is 76.6 Å². The summed E-state index contributed by atoms with van der Waals surface area (Å²) in [7, 11) is 0. The monoisotopic (exact) mass is 608 g/mol. The van der Waals surface area contributed by atoms with Gasteiger partial charge in [0.2, 0.25) is 0 Å². The number of piperidine rings is 1. The van der Waals surface area contributed by atoms with Crippen LogP contribution in [0.2, 0.25) is 0 Å². The van der Waals surface area contributed by atoms with Crippen molar-refractivity contribution in [1.82, 2.24) is 29.7 Å². The van der Waals surface area contributed by atoms with Gasteiger partial charge in [0.1, 0.15) is 28.4 Å². The van der Waals surface area contributed by atoms with E-state index in [1.165, 1.54) is 0 Å². The van der Waals surface area contributed by atoms with E-state index in [2.05, 4.69) is 32.1 Å². The number of ether oxygens (including phenoxy) is 1. The van der Waals surface area contributed by atoms with Crippen LogP contribution < -0.4 is 0 Å². The molecule has 8 rings (SSSR count). The molecule has 2 aromatic carbocycles. The van der Waals surface area contributed by atoms with Gasteiger partial charge in [-0.2, -0.15) is 0 Å². The first-order valence-electron chi connectivity index (χ1n) is 15.7. The first-order chi connectivity index (χ1) is 21.6. The minimum absolute atomic E-state index is 0.0887. The normalized spacial score (nSPS) is 23.1. The molecule has 11 heteroatoms. The quantitative estimate of drug-likeness (QED) is 0.190. The molecule has 3 fully saturated rings. The summed E-state index contributed by atoms with van der Waals surface area (Å²) in [4.78, 5) is 44.3. The third kappa shape index (κ3) is 4.72. The van der Waals surface area contributed by atoms with Crippen LogP contribution in [0.15, 0.2) is 53.2 Å². The molecule has 2 amide bonds. The van der Waals surface area contributed by atoms with Crippen molar-refractivity contribution in [3.63, 3.8) is 0 Å². The number of carbonyl (C=O) groups excluding carboxylic acids is 1. The summed E-state index contributed by atoms with van der Waals surface area (Å²) in [5.74, 6) is 1.77. The molecule has 4 unspecified atom stereocenters. The number of aromatic amines is 2. The number of carbonyl (C=O) groups is 2. The van der Waals surface area contributed by atoms with E-state index in [1.807, 2.05) is 45.0 Å². The van der Waals surface area contributed by atoms with Crippen molar-refractivity contribution in [2.75, 3.05) is 6.54 Å². The van der Waals surface area contributed by atoms with Gasteiger partial charge in [0.05, 0.1) is 35.9 Å².